The second kappa shape index (κ2) is 7.80. The summed E-state index contributed by atoms with van der Waals surface area (Å²) in [7, 11) is 0. The maximum absolute atomic E-state index is 11.8. The predicted octanol–water partition coefficient (Wildman–Crippen LogP) is 2.29. The van der Waals surface area contributed by atoms with Crippen LogP contribution in [0, 0.1) is 0 Å². The van der Waals surface area contributed by atoms with E-state index in [2.05, 4.69) is 15.0 Å². The van der Waals surface area contributed by atoms with Crippen molar-refractivity contribution in [2.45, 2.75) is 0 Å². The van der Waals surface area contributed by atoms with Crippen LogP contribution < -0.4 is 5.84 Å². The van der Waals surface area contributed by atoms with Gasteiger partial charge in [-0.1, -0.05) is 60.7 Å². The van der Waals surface area contributed by atoms with Crippen LogP contribution in [0.15, 0.2) is 79.5 Å². The molecule has 0 aliphatic carbocycles. The average molecular weight is 345 g/mol. The lowest BCUT2D eigenvalue weighted by Crippen LogP contribution is -2.14. The number of nitrogens with zero attached hydrogens (tertiary/aromatic N) is 4. The van der Waals surface area contributed by atoms with Crippen LogP contribution in [0.5, 0.6) is 0 Å². The normalized spacial score (nSPS) is 10.0. The summed E-state index contributed by atoms with van der Waals surface area (Å²) < 4.78 is 1.36. The second-order valence-corrected chi connectivity index (χ2v) is 5.27. The van der Waals surface area contributed by atoms with Gasteiger partial charge in [-0.05, 0) is 0 Å². The quantitative estimate of drug-likeness (QED) is 0.347. The van der Waals surface area contributed by atoms with Crippen LogP contribution in [-0.2, 0) is 0 Å². The zero-order valence-corrected chi connectivity index (χ0v) is 13.7. The number of rotatable bonds is 3. The molecule has 7 nitrogen and oxygen atoms in total. The number of nitrogens with two attached hydrogens (primary N) is 1. The minimum absolute atomic E-state index is 0.427. The van der Waals surface area contributed by atoms with E-state index in [0.717, 1.165) is 0 Å². The summed E-state index contributed by atoms with van der Waals surface area (Å²) >= 11 is 0. The third kappa shape index (κ3) is 3.78. The van der Waals surface area contributed by atoms with Crippen LogP contribution in [-0.4, -0.2) is 31.2 Å². The lowest BCUT2D eigenvalue weighted by molar-refractivity contribution is 0.0817. The molecule has 2 heterocycles. The first-order chi connectivity index (χ1) is 12.7. The molecule has 2 aromatic carbocycles. The SMILES string of the molecule is Nn1cnc2cncnc21.O=C(C(=O)c1ccccc1)c1ccccc1. The molecule has 0 aliphatic heterocycles. The summed E-state index contributed by atoms with van der Waals surface area (Å²) in [4.78, 5) is 35.2. The number of hydrogen-bond donors (Lipinski definition) is 1. The first-order valence-electron chi connectivity index (χ1n) is 7.74. The van der Waals surface area contributed by atoms with E-state index in [4.69, 9.17) is 5.84 Å². The number of Topliss-reactive ketones (excluding diaryl/α,β-unsaturated/α-hetero) is 2. The van der Waals surface area contributed by atoms with E-state index in [1.54, 1.807) is 54.7 Å². The minimum Gasteiger partial charge on any atom is -0.336 e. The van der Waals surface area contributed by atoms with Crippen molar-refractivity contribution >= 4 is 22.7 Å². The van der Waals surface area contributed by atoms with Crippen LogP contribution in [0.25, 0.3) is 11.2 Å². The molecule has 0 amide bonds. The van der Waals surface area contributed by atoms with E-state index in [1.807, 2.05) is 12.1 Å². The Bertz CT molecular complexity index is 980. The smallest absolute Gasteiger partial charge is 0.233 e. The van der Waals surface area contributed by atoms with Crippen LogP contribution >= 0.6 is 0 Å². The summed E-state index contributed by atoms with van der Waals surface area (Å²) in [6.45, 7) is 0. The van der Waals surface area contributed by atoms with Crippen molar-refractivity contribution in [1.82, 2.24) is 19.6 Å². The van der Waals surface area contributed by atoms with E-state index < -0.39 is 11.6 Å². The molecule has 4 rings (SSSR count). The molecular weight excluding hydrogens is 330 g/mol. The number of hydrogen-bond acceptors (Lipinski definition) is 6. The third-order valence-electron chi connectivity index (χ3n) is 3.52. The topological polar surface area (TPSA) is 104 Å². The van der Waals surface area contributed by atoms with Crippen molar-refractivity contribution in [3.8, 4) is 0 Å². The van der Waals surface area contributed by atoms with Crippen molar-refractivity contribution < 1.29 is 9.59 Å². The first-order valence-corrected chi connectivity index (χ1v) is 7.74. The van der Waals surface area contributed by atoms with Crippen molar-refractivity contribution in [3.05, 3.63) is 90.6 Å². The number of benzene rings is 2. The van der Waals surface area contributed by atoms with Gasteiger partial charge in [0.25, 0.3) is 0 Å². The van der Waals surface area contributed by atoms with Gasteiger partial charge in [0.05, 0.1) is 6.20 Å². The molecule has 4 aromatic rings. The van der Waals surface area contributed by atoms with Crippen LogP contribution in [0.3, 0.4) is 0 Å². The van der Waals surface area contributed by atoms with Gasteiger partial charge in [0.1, 0.15) is 18.2 Å². The average Bonchev–Trinajstić information content (AvgIpc) is 3.10. The molecular formula is C19H15N5O2. The number of fused-ring (bicyclic) bond motifs is 1. The zero-order valence-electron chi connectivity index (χ0n) is 13.7. The maximum Gasteiger partial charge on any atom is 0.233 e. The van der Waals surface area contributed by atoms with E-state index >= 15 is 0 Å². The highest BCUT2D eigenvalue weighted by atomic mass is 16.2. The highest BCUT2D eigenvalue weighted by molar-refractivity contribution is 6.49. The fourth-order valence-corrected chi connectivity index (χ4v) is 2.23. The highest BCUT2D eigenvalue weighted by Gasteiger charge is 2.17. The zero-order chi connectivity index (χ0) is 18.4. The van der Waals surface area contributed by atoms with Crippen molar-refractivity contribution in [2.24, 2.45) is 0 Å². The molecule has 0 saturated carbocycles. The van der Waals surface area contributed by atoms with Gasteiger partial charge >= 0.3 is 0 Å². The number of imidazole rings is 1. The van der Waals surface area contributed by atoms with Gasteiger partial charge in [-0.3, -0.25) is 9.59 Å². The largest absolute Gasteiger partial charge is 0.336 e. The minimum atomic E-state index is -0.466. The van der Waals surface area contributed by atoms with Crippen LogP contribution in [0.2, 0.25) is 0 Å². The number of ketones is 2. The van der Waals surface area contributed by atoms with Gasteiger partial charge in [-0.25, -0.2) is 19.6 Å². The lowest BCUT2D eigenvalue weighted by atomic mass is 10.0. The van der Waals surface area contributed by atoms with Crippen molar-refractivity contribution in [3.63, 3.8) is 0 Å². The van der Waals surface area contributed by atoms with Gasteiger partial charge in [0.2, 0.25) is 11.6 Å². The number of carbonyl (C=O) groups excluding carboxylic acids is 2. The summed E-state index contributed by atoms with van der Waals surface area (Å²) in [6.07, 6.45) is 4.55. The monoisotopic (exact) mass is 345 g/mol. The van der Waals surface area contributed by atoms with Gasteiger partial charge in [0, 0.05) is 11.1 Å². The molecule has 26 heavy (non-hydrogen) atoms. The standard InChI is InChI=1S/C14H10O2.C5H5N5/c15-13(11-7-3-1-4-8-11)14(16)12-9-5-2-6-10-12;6-10-3-9-4-1-7-2-8-5(4)10/h1-10H;1-3H,6H2. The Labute approximate surface area is 149 Å². The highest BCUT2D eigenvalue weighted by Crippen LogP contribution is 2.07. The van der Waals surface area contributed by atoms with Gasteiger partial charge in [-0.2, -0.15) is 0 Å². The molecule has 0 saturated heterocycles. The van der Waals surface area contributed by atoms with Crippen LogP contribution in [0.1, 0.15) is 20.7 Å². The molecule has 0 aliphatic rings. The summed E-state index contributed by atoms with van der Waals surface area (Å²) in [5, 5.41) is 0. The molecule has 0 radical (unpaired) electrons. The fourth-order valence-electron chi connectivity index (χ4n) is 2.23. The number of carbonyl (C=O) groups is 2. The third-order valence-corrected chi connectivity index (χ3v) is 3.52. The van der Waals surface area contributed by atoms with E-state index in [-0.39, 0.29) is 0 Å². The Balaban J connectivity index is 0.000000167. The molecule has 128 valence electrons. The van der Waals surface area contributed by atoms with Gasteiger partial charge in [-0.15, -0.1) is 0 Å². The Kier molecular flexibility index (Phi) is 5.09. The Hall–Kier alpha value is -3.87. The summed E-state index contributed by atoms with van der Waals surface area (Å²) in [5.74, 6) is 4.51. The van der Waals surface area contributed by atoms with Crippen LogP contribution in [0.4, 0.5) is 0 Å². The maximum atomic E-state index is 11.8. The molecule has 0 unspecified atom stereocenters. The summed E-state index contributed by atoms with van der Waals surface area (Å²) in [6, 6.07) is 17.2. The Morgan fingerprint density at radius 1 is 0.808 bits per heavy atom. The first kappa shape index (κ1) is 17.0. The molecule has 2 aromatic heterocycles. The lowest BCUT2D eigenvalue weighted by Gasteiger charge is -1.99. The molecule has 0 spiro atoms. The predicted molar refractivity (Wildman–Crippen MR) is 97.0 cm³/mol. The Morgan fingerprint density at radius 3 is 1.85 bits per heavy atom. The van der Waals surface area contributed by atoms with Crippen molar-refractivity contribution in [1.29, 1.82) is 0 Å². The molecule has 0 bridgehead atoms. The molecule has 2 N–H and O–H groups in total. The second-order valence-electron chi connectivity index (χ2n) is 5.27. The number of aromatic nitrogens is 4. The Morgan fingerprint density at radius 2 is 1.35 bits per heavy atom. The van der Waals surface area contributed by atoms with Gasteiger partial charge in [0.15, 0.2) is 5.65 Å². The van der Waals surface area contributed by atoms with E-state index in [0.29, 0.717) is 22.3 Å². The van der Waals surface area contributed by atoms with Crippen molar-refractivity contribution in [2.75, 3.05) is 5.84 Å². The molecule has 7 heteroatoms. The fraction of sp³-hybridized carbons (Fsp3) is 0. The van der Waals surface area contributed by atoms with Gasteiger partial charge < -0.3 is 5.84 Å². The van der Waals surface area contributed by atoms with E-state index in [9.17, 15) is 9.59 Å². The number of nitrogen functional groups attached to an aromatic ring is 1. The molecule has 0 atom stereocenters. The molecule has 0 fully saturated rings. The summed E-state index contributed by atoms with van der Waals surface area (Å²) in [5.41, 5.74) is 2.22. The van der Waals surface area contributed by atoms with E-state index in [1.165, 1.54) is 17.3 Å².